The van der Waals surface area contributed by atoms with Crippen molar-refractivity contribution in [3.63, 3.8) is 0 Å². The fraction of sp³-hybridized carbons (Fsp3) is 0.571. The Morgan fingerprint density at radius 1 is 1.21 bits per heavy atom. The first-order valence-corrected chi connectivity index (χ1v) is 11.1. The summed E-state index contributed by atoms with van der Waals surface area (Å²) in [5.41, 5.74) is 0. The Morgan fingerprint density at radius 2 is 2.14 bits per heavy atom. The number of nitrogens with zero attached hydrogens (tertiary/aromatic N) is 3. The maximum atomic E-state index is 5.48. The van der Waals surface area contributed by atoms with E-state index in [-0.39, 0.29) is 0 Å². The molecule has 7 heteroatoms. The summed E-state index contributed by atoms with van der Waals surface area (Å²) in [6.07, 6.45) is 3.84. The maximum Gasteiger partial charge on any atom is 0.194 e. The number of likely N-dealkylation sites (tertiary alicyclic amines) is 1. The van der Waals surface area contributed by atoms with E-state index in [0.29, 0.717) is 5.92 Å². The Labute approximate surface area is 171 Å². The van der Waals surface area contributed by atoms with Gasteiger partial charge in [0.05, 0.1) is 26.0 Å². The zero-order chi connectivity index (χ0) is 19.0. The molecule has 2 aliphatic rings. The first-order valence-electron chi connectivity index (χ1n) is 10.2. The van der Waals surface area contributed by atoms with E-state index < -0.39 is 0 Å². The molecule has 152 valence electrons. The average molecular weight is 403 g/mol. The highest BCUT2D eigenvalue weighted by molar-refractivity contribution is 7.09. The van der Waals surface area contributed by atoms with Gasteiger partial charge in [-0.3, -0.25) is 4.90 Å². The lowest BCUT2D eigenvalue weighted by Gasteiger charge is -2.29. The van der Waals surface area contributed by atoms with Crippen LogP contribution in [0.2, 0.25) is 0 Å². The number of furan rings is 1. The summed E-state index contributed by atoms with van der Waals surface area (Å²) in [6, 6.07) is 8.21. The van der Waals surface area contributed by atoms with Crippen molar-refractivity contribution < 1.29 is 9.15 Å². The zero-order valence-electron chi connectivity index (χ0n) is 16.4. The highest BCUT2D eigenvalue weighted by Gasteiger charge is 2.27. The molecule has 0 aromatic carbocycles. The van der Waals surface area contributed by atoms with Gasteiger partial charge in [0.15, 0.2) is 5.96 Å². The van der Waals surface area contributed by atoms with Gasteiger partial charge in [-0.1, -0.05) is 6.07 Å². The Bertz CT molecular complexity index is 711. The van der Waals surface area contributed by atoms with E-state index in [1.54, 1.807) is 17.6 Å². The summed E-state index contributed by atoms with van der Waals surface area (Å²) >= 11 is 1.77. The number of nitrogens with one attached hydrogen (secondary N) is 1. The molecule has 1 atom stereocenters. The van der Waals surface area contributed by atoms with E-state index in [2.05, 4.69) is 32.6 Å². The van der Waals surface area contributed by atoms with Crippen LogP contribution in [0.5, 0.6) is 0 Å². The van der Waals surface area contributed by atoms with Gasteiger partial charge in [-0.05, 0) is 35.9 Å². The van der Waals surface area contributed by atoms with Crippen LogP contribution in [0.1, 0.15) is 17.1 Å². The number of aliphatic imine (C=N–C) groups is 1. The molecule has 6 nitrogen and oxygen atoms in total. The Hall–Kier alpha value is -1.83. The molecular weight excluding hydrogens is 372 g/mol. The lowest BCUT2D eigenvalue weighted by molar-refractivity contribution is 0.0315. The molecule has 0 saturated carbocycles. The van der Waals surface area contributed by atoms with E-state index in [1.807, 2.05) is 12.1 Å². The topological polar surface area (TPSA) is 53.2 Å². The zero-order valence-corrected chi connectivity index (χ0v) is 17.2. The summed E-state index contributed by atoms with van der Waals surface area (Å²) < 4.78 is 10.9. The van der Waals surface area contributed by atoms with Crippen molar-refractivity contribution >= 4 is 17.3 Å². The van der Waals surface area contributed by atoms with Crippen molar-refractivity contribution in [2.75, 3.05) is 52.5 Å². The van der Waals surface area contributed by atoms with Crippen molar-refractivity contribution in [3.05, 3.63) is 46.5 Å². The number of hydrogen-bond donors (Lipinski definition) is 1. The maximum absolute atomic E-state index is 5.48. The molecule has 4 rings (SSSR count). The van der Waals surface area contributed by atoms with Gasteiger partial charge in [-0.25, -0.2) is 4.99 Å². The fourth-order valence-corrected chi connectivity index (χ4v) is 4.53. The third-order valence-corrected chi connectivity index (χ3v) is 6.27. The molecular formula is C21H30N4O2S. The van der Waals surface area contributed by atoms with E-state index in [9.17, 15) is 0 Å². The number of ether oxygens (including phenoxy) is 1. The SMILES string of the molecule is c1coc(CCNC(=NCc2cccs2)N2CCC(CN3CCOCC3)C2)c1. The van der Waals surface area contributed by atoms with Crippen LogP contribution in [0.25, 0.3) is 0 Å². The van der Waals surface area contributed by atoms with Gasteiger partial charge >= 0.3 is 0 Å². The highest BCUT2D eigenvalue weighted by Crippen LogP contribution is 2.19. The minimum atomic E-state index is 0.705. The van der Waals surface area contributed by atoms with Gasteiger partial charge in [-0.2, -0.15) is 0 Å². The number of morpholine rings is 1. The molecule has 1 unspecified atom stereocenters. The predicted molar refractivity (Wildman–Crippen MR) is 113 cm³/mol. The van der Waals surface area contributed by atoms with Crippen LogP contribution < -0.4 is 5.32 Å². The smallest absolute Gasteiger partial charge is 0.194 e. The second-order valence-electron chi connectivity index (χ2n) is 7.49. The minimum absolute atomic E-state index is 0.705. The standard InChI is InChI=1S/C21H30N4O2S/c1-3-19(27-11-1)5-7-22-21(23-15-20-4-2-14-28-20)25-8-6-18(17-25)16-24-9-12-26-13-10-24/h1-4,11,14,18H,5-10,12-13,15-17H2,(H,22,23). The van der Waals surface area contributed by atoms with Crippen LogP contribution in [-0.2, 0) is 17.7 Å². The van der Waals surface area contributed by atoms with Crippen LogP contribution in [0, 0.1) is 5.92 Å². The number of hydrogen-bond acceptors (Lipinski definition) is 5. The van der Waals surface area contributed by atoms with Crippen molar-refractivity contribution in [2.45, 2.75) is 19.4 Å². The molecule has 0 bridgehead atoms. The van der Waals surface area contributed by atoms with Gasteiger partial charge in [0.2, 0.25) is 0 Å². The molecule has 2 fully saturated rings. The first kappa shape index (κ1) is 19.5. The van der Waals surface area contributed by atoms with Gasteiger partial charge in [-0.15, -0.1) is 11.3 Å². The van der Waals surface area contributed by atoms with Crippen molar-refractivity contribution in [3.8, 4) is 0 Å². The lowest BCUT2D eigenvalue weighted by atomic mass is 10.1. The fourth-order valence-electron chi connectivity index (χ4n) is 3.90. The van der Waals surface area contributed by atoms with Gasteiger partial charge in [0.25, 0.3) is 0 Å². The number of rotatable bonds is 7. The van der Waals surface area contributed by atoms with E-state index >= 15 is 0 Å². The Kier molecular flexibility index (Phi) is 7.02. The van der Waals surface area contributed by atoms with Crippen molar-refractivity contribution in [1.29, 1.82) is 0 Å². The van der Waals surface area contributed by atoms with Crippen LogP contribution in [0.3, 0.4) is 0 Å². The third-order valence-electron chi connectivity index (χ3n) is 5.40. The van der Waals surface area contributed by atoms with Gasteiger partial charge < -0.3 is 19.4 Å². The van der Waals surface area contributed by atoms with Crippen LogP contribution in [0.4, 0.5) is 0 Å². The molecule has 2 aromatic rings. The summed E-state index contributed by atoms with van der Waals surface area (Å²) in [4.78, 5) is 11.2. The first-order chi connectivity index (χ1) is 13.9. The van der Waals surface area contributed by atoms with Crippen LogP contribution >= 0.6 is 11.3 Å². The van der Waals surface area contributed by atoms with E-state index in [1.165, 1.54) is 17.8 Å². The largest absolute Gasteiger partial charge is 0.469 e. The summed E-state index contributed by atoms with van der Waals surface area (Å²) in [6.45, 7) is 8.78. The van der Waals surface area contributed by atoms with E-state index in [0.717, 1.165) is 70.6 Å². The van der Waals surface area contributed by atoms with E-state index in [4.69, 9.17) is 14.1 Å². The summed E-state index contributed by atoms with van der Waals surface area (Å²) in [5, 5.41) is 5.69. The summed E-state index contributed by atoms with van der Waals surface area (Å²) in [5.74, 6) is 2.75. The van der Waals surface area contributed by atoms with Crippen molar-refractivity contribution in [2.24, 2.45) is 10.9 Å². The third kappa shape index (κ3) is 5.59. The Balaban J connectivity index is 1.32. The van der Waals surface area contributed by atoms with Gasteiger partial charge in [0, 0.05) is 50.6 Å². The molecule has 28 heavy (non-hydrogen) atoms. The number of thiophene rings is 1. The summed E-state index contributed by atoms with van der Waals surface area (Å²) in [7, 11) is 0. The van der Waals surface area contributed by atoms with Crippen LogP contribution in [-0.4, -0.2) is 68.2 Å². The molecule has 1 N–H and O–H groups in total. The molecule has 4 heterocycles. The molecule has 0 radical (unpaired) electrons. The highest BCUT2D eigenvalue weighted by atomic mass is 32.1. The molecule has 0 amide bonds. The predicted octanol–water partition coefficient (Wildman–Crippen LogP) is 2.68. The van der Waals surface area contributed by atoms with Crippen molar-refractivity contribution in [1.82, 2.24) is 15.1 Å². The Morgan fingerprint density at radius 3 is 2.93 bits per heavy atom. The lowest BCUT2D eigenvalue weighted by Crippen LogP contribution is -2.43. The monoisotopic (exact) mass is 402 g/mol. The normalized spacial score (nSPS) is 21.4. The molecule has 0 aliphatic carbocycles. The molecule has 2 aliphatic heterocycles. The quantitative estimate of drug-likeness (QED) is 0.570. The molecule has 0 spiro atoms. The second-order valence-corrected chi connectivity index (χ2v) is 8.52. The second kappa shape index (κ2) is 10.1. The van der Waals surface area contributed by atoms with Crippen LogP contribution in [0.15, 0.2) is 45.3 Å². The number of guanidine groups is 1. The molecule has 2 saturated heterocycles. The van der Waals surface area contributed by atoms with Gasteiger partial charge in [0.1, 0.15) is 5.76 Å². The average Bonchev–Trinajstić information content (AvgIpc) is 3.48. The minimum Gasteiger partial charge on any atom is -0.469 e. The molecule has 2 aromatic heterocycles.